The summed E-state index contributed by atoms with van der Waals surface area (Å²) in [4.78, 5) is 21.4. The first-order chi connectivity index (χ1) is 9.99. The second kappa shape index (κ2) is 6.73. The minimum atomic E-state index is -0.959. The lowest BCUT2D eigenvalue weighted by atomic mass is 10.2. The third-order valence-electron chi connectivity index (χ3n) is 3.11. The standard InChI is InChI=1S/C13H15ClN2O5/c14-9-2-1-3-11(16(19)20)12(9)21-7-6-10(13(17)18)15-8-4-5-8/h1-3,8,10,15H,4-7H2,(H,17,18). The van der Waals surface area contributed by atoms with Crippen molar-refractivity contribution in [1.82, 2.24) is 5.32 Å². The van der Waals surface area contributed by atoms with Crippen molar-refractivity contribution in [2.24, 2.45) is 0 Å². The van der Waals surface area contributed by atoms with Crippen molar-refractivity contribution in [3.63, 3.8) is 0 Å². The molecular weight excluding hydrogens is 300 g/mol. The van der Waals surface area contributed by atoms with Gasteiger partial charge in [0, 0.05) is 18.5 Å². The fourth-order valence-electron chi connectivity index (χ4n) is 1.88. The number of rotatable bonds is 8. The van der Waals surface area contributed by atoms with Gasteiger partial charge in [-0.05, 0) is 18.9 Å². The zero-order chi connectivity index (χ0) is 15.4. The summed E-state index contributed by atoms with van der Waals surface area (Å²) in [6.45, 7) is 0.0290. The van der Waals surface area contributed by atoms with Crippen LogP contribution in [0.5, 0.6) is 5.75 Å². The molecule has 7 nitrogen and oxygen atoms in total. The van der Waals surface area contributed by atoms with Crippen molar-refractivity contribution in [2.45, 2.75) is 31.3 Å². The van der Waals surface area contributed by atoms with E-state index in [0.29, 0.717) is 0 Å². The van der Waals surface area contributed by atoms with Crippen LogP contribution < -0.4 is 10.1 Å². The van der Waals surface area contributed by atoms with E-state index in [1.165, 1.54) is 18.2 Å². The number of hydrogen-bond donors (Lipinski definition) is 2. The number of nitrogens with one attached hydrogen (secondary N) is 1. The van der Waals surface area contributed by atoms with E-state index in [2.05, 4.69) is 5.32 Å². The number of carbonyl (C=O) groups is 1. The fourth-order valence-corrected chi connectivity index (χ4v) is 2.10. The molecule has 1 atom stereocenters. The molecule has 1 fully saturated rings. The van der Waals surface area contributed by atoms with E-state index in [0.717, 1.165) is 12.8 Å². The van der Waals surface area contributed by atoms with Gasteiger partial charge in [0.25, 0.3) is 0 Å². The van der Waals surface area contributed by atoms with Crippen LogP contribution in [0.15, 0.2) is 18.2 Å². The largest absolute Gasteiger partial charge is 0.486 e. The molecule has 114 valence electrons. The maximum Gasteiger partial charge on any atom is 0.320 e. The Morgan fingerprint density at radius 1 is 1.57 bits per heavy atom. The van der Waals surface area contributed by atoms with Crippen LogP contribution in [0, 0.1) is 10.1 Å². The molecule has 0 spiro atoms. The number of aliphatic carboxylic acids is 1. The molecule has 8 heteroatoms. The number of hydrogen-bond acceptors (Lipinski definition) is 5. The molecule has 0 saturated heterocycles. The first-order valence-corrected chi connectivity index (χ1v) is 6.91. The Morgan fingerprint density at radius 3 is 2.86 bits per heavy atom. The quantitative estimate of drug-likeness (QED) is 0.563. The SMILES string of the molecule is O=C(O)C(CCOc1c(Cl)cccc1[N+](=O)[O-])NC1CC1. The van der Waals surface area contributed by atoms with Crippen LogP contribution in [0.3, 0.4) is 0 Å². The number of carboxylic acid groups (broad SMARTS) is 1. The molecule has 0 bridgehead atoms. The summed E-state index contributed by atoms with van der Waals surface area (Å²) < 4.78 is 5.33. The van der Waals surface area contributed by atoms with Gasteiger partial charge in [0.1, 0.15) is 6.04 Å². The van der Waals surface area contributed by atoms with Crippen molar-refractivity contribution in [3.8, 4) is 5.75 Å². The second-order valence-electron chi connectivity index (χ2n) is 4.81. The minimum absolute atomic E-state index is 0.0280. The van der Waals surface area contributed by atoms with Gasteiger partial charge < -0.3 is 15.2 Å². The molecule has 1 aliphatic carbocycles. The molecule has 0 radical (unpaired) electrons. The van der Waals surface area contributed by atoms with E-state index in [1.807, 2.05) is 0 Å². The van der Waals surface area contributed by atoms with Crippen molar-refractivity contribution in [1.29, 1.82) is 0 Å². The van der Waals surface area contributed by atoms with Gasteiger partial charge >= 0.3 is 11.7 Å². The Hall–Kier alpha value is -1.86. The first-order valence-electron chi connectivity index (χ1n) is 6.53. The summed E-state index contributed by atoms with van der Waals surface area (Å²) >= 11 is 5.88. The second-order valence-corrected chi connectivity index (χ2v) is 5.22. The third-order valence-corrected chi connectivity index (χ3v) is 3.41. The average molecular weight is 315 g/mol. The Kier molecular flexibility index (Phi) is 4.98. The molecule has 0 aliphatic heterocycles. The van der Waals surface area contributed by atoms with Gasteiger partial charge in [-0.15, -0.1) is 0 Å². The minimum Gasteiger partial charge on any atom is -0.486 e. The maximum absolute atomic E-state index is 11.1. The van der Waals surface area contributed by atoms with Crippen molar-refractivity contribution in [2.75, 3.05) is 6.61 Å². The van der Waals surface area contributed by atoms with E-state index in [-0.39, 0.29) is 35.5 Å². The summed E-state index contributed by atoms with van der Waals surface area (Å²) in [6.07, 6.45) is 2.15. The van der Waals surface area contributed by atoms with Crippen molar-refractivity contribution in [3.05, 3.63) is 33.3 Å². The number of nitro benzene ring substituents is 1. The van der Waals surface area contributed by atoms with Crippen LogP contribution in [0.25, 0.3) is 0 Å². The van der Waals surface area contributed by atoms with E-state index < -0.39 is 16.9 Å². The summed E-state index contributed by atoms with van der Waals surface area (Å²) in [5.41, 5.74) is -0.232. The van der Waals surface area contributed by atoms with E-state index >= 15 is 0 Å². The highest BCUT2D eigenvalue weighted by atomic mass is 35.5. The smallest absolute Gasteiger partial charge is 0.320 e. The molecular formula is C13H15ClN2O5. The highest BCUT2D eigenvalue weighted by molar-refractivity contribution is 6.32. The fraction of sp³-hybridized carbons (Fsp3) is 0.462. The van der Waals surface area contributed by atoms with Crippen LogP contribution in [0.1, 0.15) is 19.3 Å². The number of halogens is 1. The van der Waals surface area contributed by atoms with Crippen LogP contribution in [0.2, 0.25) is 5.02 Å². The Bertz CT molecular complexity index is 547. The van der Waals surface area contributed by atoms with Gasteiger partial charge in [-0.25, -0.2) is 0 Å². The monoisotopic (exact) mass is 314 g/mol. The lowest BCUT2D eigenvalue weighted by Crippen LogP contribution is -2.39. The van der Waals surface area contributed by atoms with Gasteiger partial charge in [-0.3, -0.25) is 14.9 Å². The van der Waals surface area contributed by atoms with Crippen LogP contribution in [-0.2, 0) is 4.79 Å². The number of nitrogens with zero attached hydrogens (tertiary/aromatic N) is 1. The molecule has 0 heterocycles. The van der Waals surface area contributed by atoms with Gasteiger partial charge in [0.05, 0.1) is 16.6 Å². The molecule has 1 aromatic carbocycles. The summed E-state index contributed by atoms with van der Waals surface area (Å²) in [5, 5.41) is 23.1. The van der Waals surface area contributed by atoms with E-state index in [4.69, 9.17) is 21.4 Å². The molecule has 2 rings (SSSR count). The average Bonchev–Trinajstić information content (AvgIpc) is 3.22. The highest BCUT2D eigenvalue weighted by Crippen LogP contribution is 2.34. The van der Waals surface area contributed by atoms with Gasteiger partial charge in [-0.1, -0.05) is 17.7 Å². The maximum atomic E-state index is 11.1. The van der Waals surface area contributed by atoms with Crippen LogP contribution in [0.4, 0.5) is 5.69 Å². The lowest BCUT2D eigenvalue weighted by molar-refractivity contribution is -0.385. The van der Waals surface area contributed by atoms with E-state index in [9.17, 15) is 14.9 Å². The predicted molar refractivity (Wildman–Crippen MR) is 75.8 cm³/mol. The number of benzene rings is 1. The third kappa shape index (κ3) is 4.30. The normalized spacial score (nSPS) is 15.5. The van der Waals surface area contributed by atoms with Crippen LogP contribution >= 0.6 is 11.6 Å². The molecule has 21 heavy (non-hydrogen) atoms. The van der Waals surface area contributed by atoms with E-state index in [1.54, 1.807) is 0 Å². The Morgan fingerprint density at radius 2 is 2.29 bits per heavy atom. The number of para-hydroxylation sites is 1. The topological polar surface area (TPSA) is 102 Å². The molecule has 1 unspecified atom stereocenters. The molecule has 1 aromatic rings. The first kappa shape index (κ1) is 15.5. The molecule has 1 aliphatic rings. The Labute approximate surface area is 126 Å². The summed E-state index contributed by atoms with van der Waals surface area (Å²) in [7, 11) is 0. The van der Waals surface area contributed by atoms with Crippen LogP contribution in [-0.4, -0.2) is 34.7 Å². The summed E-state index contributed by atoms with van der Waals surface area (Å²) in [5.74, 6) is -0.987. The molecule has 2 N–H and O–H groups in total. The van der Waals surface area contributed by atoms with Crippen molar-refractivity contribution >= 4 is 23.3 Å². The zero-order valence-electron chi connectivity index (χ0n) is 11.1. The lowest BCUT2D eigenvalue weighted by Gasteiger charge is -2.14. The predicted octanol–water partition coefficient (Wildman–Crippen LogP) is 2.22. The Balaban J connectivity index is 1.95. The molecule has 1 saturated carbocycles. The van der Waals surface area contributed by atoms with Gasteiger partial charge in [0.15, 0.2) is 0 Å². The number of carboxylic acids is 1. The molecule has 0 amide bonds. The molecule has 0 aromatic heterocycles. The number of nitro groups is 1. The van der Waals surface area contributed by atoms with Gasteiger partial charge in [0.2, 0.25) is 5.75 Å². The van der Waals surface area contributed by atoms with Crippen molar-refractivity contribution < 1.29 is 19.6 Å². The highest BCUT2D eigenvalue weighted by Gasteiger charge is 2.28. The summed E-state index contributed by atoms with van der Waals surface area (Å²) in [6, 6.07) is 3.77. The zero-order valence-corrected chi connectivity index (χ0v) is 11.9. The van der Waals surface area contributed by atoms with Gasteiger partial charge in [-0.2, -0.15) is 0 Å². The number of ether oxygens (including phenoxy) is 1.